The van der Waals surface area contributed by atoms with E-state index in [1.54, 1.807) is 32.4 Å². The molecular weight excluding hydrogens is 782 g/mol. The van der Waals surface area contributed by atoms with Gasteiger partial charge in [-0.3, -0.25) is 14.5 Å². The van der Waals surface area contributed by atoms with Gasteiger partial charge in [-0.15, -0.1) is 46.5 Å². The predicted molar refractivity (Wildman–Crippen MR) is 216 cm³/mol. The molecule has 0 radical (unpaired) electrons. The second-order valence-electron chi connectivity index (χ2n) is 13.4. The van der Waals surface area contributed by atoms with E-state index in [4.69, 9.17) is 26.2 Å². The molecule has 3 aromatic carbocycles. The normalized spacial score (nSPS) is 17.8. The first-order valence-electron chi connectivity index (χ1n) is 17.0. The van der Waals surface area contributed by atoms with E-state index in [1.165, 1.54) is 23.1 Å². The molecule has 1 aromatic heterocycles. The van der Waals surface area contributed by atoms with Crippen LogP contribution in [0.3, 0.4) is 0 Å². The van der Waals surface area contributed by atoms with Gasteiger partial charge in [0.1, 0.15) is 33.9 Å². The van der Waals surface area contributed by atoms with Crippen LogP contribution in [0.2, 0.25) is 0 Å². The van der Waals surface area contributed by atoms with Crippen LogP contribution in [0.5, 0.6) is 0 Å². The fourth-order valence-corrected chi connectivity index (χ4v) is 9.01. The highest BCUT2D eigenvalue weighted by atomic mass is 35.5. The van der Waals surface area contributed by atoms with Gasteiger partial charge in [0, 0.05) is 17.0 Å². The van der Waals surface area contributed by atoms with Crippen molar-refractivity contribution in [3.8, 4) is 0 Å². The molecule has 1 saturated heterocycles. The first-order chi connectivity index (χ1) is 26.4. The number of halogens is 1. The number of hydrogen-bond donors (Lipinski definition) is 3. The van der Waals surface area contributed by atoms with Gasteiger partial charge in [-0.1, -0.05) is 96.2 Å². The lowest BCUT2D eigenvalue weighted by Gasteiger charge is -2.49. The molecule has 1 fully saturated rings. The predicted octanol–water partition coefficient (Wildman–Crippen LogP) is 6.28. The maximum absolute atomic E-state index is 14.1. The summed E-state index contributed by atoms with van der Waals surface area (Å²) in [7, 11) is 0. The number of esters is 1. The molecule has 3 heterocycles. The Labute approximate surface area is 335 Å². The highest BCUT2D eigenvalue weighted by Gasteiger charge is 2.54. The van der Waals surface area contributed by atoms with E-state index in [2.05, 4.69) is 15.8 Å². The Morgan fingerprint density at radius 1 is 1.00 bits per heavy atom. The van der Waals surface area contributed by atoms with Crippen LogP contribution < -0.4 is 10.6 Å². The number of carboxylic acid groups (broad SMARTS) is 1. The van der Waals surface area contributed by atoms with Gasteiger partial charge in [-0.2, -0.15) is 0 Å². The van der Waals surface area contributed by atoms with Crippen LogP contribution in [-0.2, 0) is 34.3 Å². The van der Waals surface area contributed by atoms with Gasteiger partial charge >= 0.3 is 11.9 Å². The number of oxime groups is 1. The van der Waals surface area contributed by atoms with Gasteiger partial charge in [0.2, 0.25) is 0 Å². The number of alkyl halides is 1. The van der Waals surface area contributed by atoms with Crippen molar-refractivity contribution in [1.82, 2.24) is 15.2 Å². The number of carboxylic acids is 1. The largest absolute Gasteiger partial charge is 0.477 e. The second kappa shape index (κ2) is 16.9. The molecule has 6 rings (SSSR count). The summed E-state index contributed by atoms with van der Waals surface area (Å²) in [5.74, 6) is -3.18. The number of anilines is 1. The average Bonchev–Trinajstić information content (AvgIpc) is 3.65. The SMILES string of the molecule is CS[C@@H](ON=C(C(=O)N[C@@H]1C(=O)N2C(C(=O)O)=C(CCl)CS[C@@H]12)c1csc(NC(c2ccccc2)(c2ccccc2)c2ccccc2)n1)C(=O)OC(C)(C)C. The number of thioether (sulfide) groups is 2. The number of benzene rings is 3. The zero-order chi connectivity index (χ0) is 39.3. The molecule has 286 valence electrons. The molecule has 0 aliphatic carbocycles. The summed E-state index contributed by atoms with van der Waals surface area (Å²) in [5.41, 5.74) is -0.128. The number of ether oxygens (including phenoxy) is 1. The van der Waals surface area contributed by atoms with E-state index in [-0.39, 0.29) is 28.7 Å². The zero-order valence-electron chi connectivity index (χ0n) is 30.2. The number of amides is 2. The molecule has 4 aromatic rings. The van der Waals surface area contributed by atoms with E-state index in [0.29, 0.717) is 10.7 Å². The van der Waals surface area contributed by atoms with Gasteiger partial charge in [-0.25, -0.2) is 14.6 Å². The lowest BCUT2D eigenvalue weighted by molar-refractivity contribution is -0.162. The number of aliphatic carboxylic acids is 1. The van der Waals surface area contributed by atoms with Crippen LogP contribution in [0.1, 0.15) is 43.2 Å². The quantitative estimate of drug-likeness (QED) is 0.0250. The zero-order valence-corrected chi connectivity index (χ0v) is 33.4. The van der Waals surface area contributed by atoms with Crippen molar-refractivity contribution in [2.75, 3.05) is 23.2 Å². The number of hydrogen-bond acceptors (Lipinski definition) is 12. The molecule has 3 atom stereocenters. The molecule has 0 saturated carbocycles. The van der Waals surface area contributed by atoms with Crippen molar-refractivity contribution in [2.24, 2.45) is 5.16 Å². The Hall–Kier alpha value is -4.83. The summed E-state index contributed by atoms with van der Waals surface area (Å²) >= 11 is 9.53. The third kappa shape index (κ3) is 8.39. The fourth-order valence-electron chi connectivity index (χ4n) is 6.21. The van der Waals surface area contributed by atoms with Crippen molar-refractivity contribution in [3.05, 3.63) is 130 Å². The van der Waals surface area contributed by atoms with Crippen LogP contribution in [0.4, 0.5) is 5.13 Å². The molecule has 2 amide bonds. The van der Waals surface area contributed by atoms with Crippen LogP contribution in [0, 0.1) is 0 Å². The minimum Gasteiger partial charge on any atom is -0.477 e. The Balaban J connectivity index is 1.37. The van der Waals surface area contributed by atoms with Crippen molar-refractivity contribution in [3.63, 3.8) is 0 Å². The van der Waals surface area contributed by atoms with Crippen LogP contribution in [0.15, 0.2) is 113 Å². The van der Waals surface area contributed by atoms with E-state index in [0.717, 1.165) is 33.4 Å². The number of aromatic nitrogens is 1. The molecular formula is C39H38ClN5O7S3. The highest BCUT2D eigenvalue weighted by molar-refractivity contribution is 8.00. The van der Waals surface area contributed by atoms with E-state index in [1.807, 2.05) is 91.0 Å². The number of thiazole rings is 1. The second-order valence-corrected chi connectivity index (χ2v) is 16.5. The number of rotatable bonds is 14. The molecule has 0 bridgehead atoms. The standard InChI is InChI=1S/C39H38ClN5O7S3/c1-38(2,3)51-35(50)36(53-4)52-44-28(31(46)42-29-32(47)45-30(34(48)49)23(20-40)21-54-33(29)45)27-22-55-37(41-27)43-39(24-14-8-5-9-15-24,25-16-10-6-11-17-25)26-18-12-7-13-19-26/h5-19,22,29,33,36H,20-21H2,1-4H3,(H,41,43)(H,42,46)(H,48,49)/t29-,33+,36-/m1/s1. The lowest BCUT2D eigenvalue weighted by atomic mass is 9.77. The monoisotopic (exact) mass is 819 g/mol. The molecule has 0 spiro atoms. The number of β-lactam (4-membered cyclic amide) rings is 1. The highest BCUT2D eigenvalue weighted by Crippen LogP contribution is 2.42. The van der Waals surface area contributed by atoms with Crippen molar-refractivity contribution in [2.45, 2.75) is 48.8 Å². The summed E-state index contributed by atoms with van der Waals surface area (Å²) in [5, 5.41) is 21.8. The first-order valence-corrected chi connectivity index (χ1v) is 20.8. The topological polar surface area (TPSA) is 160 Å². The maximum atomic E-state index is 14.1. The number of carbonyl (C=O) groups is 4. The molecule has 16 heteroatoms. The number of nitrogens with one attached hydrogen (secondary N) is 2. The Kier molecular flexibility index (Phi) is 12.2. The van der Waals surface area contributed by atoms with Crippen molar-refractivity contribution in [1.29, 1.82) is 0 Å². The molecule has 2 aliphatic heterocycles. The molecule has 3 N–H and O–H groups in total. The van der Waals surface area contributed by atoms with Gasteiger partial charge in [-0.05, 0) is 49.3 Å². The number of carbonyl (C=O) groups excluding carboxylic acids is 3. The Morgan fingerprint density at radius 2 is 1.56 bits per heavy atom. The van der Waals surface area contributed by atoms with Gasteiger partial charge < -0.3 is 25.3 Å². The third-order valence-corrected chi connectivity index (χ3v) is 11.8. The van der Waals surface area contributed by atoms with Crippen LogP contribution >= 0.6 is 46.5 Å². The van der Waals surface area contributed by atoms with Crippen molar-refractivity contribution >= 4 is 81.1 Å². The first kappa shape index (κ1) is 39.9. The van der Waals surface area contributed by atoms with Crippen LogP contribution in [0.25, 0.3) is 0 Å². The van der Waals surface area contributed by atoms with Gasteiger partial charge in [0.15, 0.2) is 10.8 Å². The van der Waals surface area contributed by atoms with Crippen LogP contribution in [-0.4, -0.2) is 84.8 Å². The summed E-state index contributed by atoms with van der Waals surface area (Å²) in [4.78, 5) is 64.2. The molecule has 2 aliphatic rings. The average molecular weight is 820 g/mol. The van der Waals surface area contributed by atoms with E-state index < -0.39 is 51.7 Å². The minimum atomic E-state index is -1.28. The van der Waals surface area contributed by atoms with Gasteiger partial charge in [0.25, 0.3) is 17.3 Å². The molecule has 0 unspecified atom stereocenters. The molecule has 55 heavy (non-hydrogen) atoms. The fraction of sp³-hybridized carbons (Fsp3) is 0.282. The van der Waals surface area contributed by atoms with E-state index in [9.17, 15) is 24.3 Å². The molecule has 12 nitrogen and oxygen atoms in total. The van der Waals surface area contributed by atoms with E-state index >= 15 is 0 Å². The summed E-state index contributed by atoms with van der Waals surface area (Å²) in [6.07, 6.45) is 1.63. The summed E-state index contributed by atoms with van der Waals surface area (Å²) < 4.78 is 5.49. The summed E-state index contributed by atoms with van der Waals surface area (Å²) in [6, 6.07) is 28.7. The third-order valence-electron chi connectivity index (χ3n) is 8.63. The Bertz CT molecular complexity index is 2010. The lowest BCUT2D eigenvalue weighted by Crippen LogP contribution is -2.71. The van der Waals surface area contributed by atoms with Crippen molar-refractivity contribution < 1.29 is 33.9 Å². The maximum Gasteiger partial charge on any atom is 0.361 e. The number of fused-ring (bicyclic) bond motifs is 1. The summed E-state index contributed by atoms with van der Waals surface area (Å²) in [6.45, 7) is 5.16. The number of nitrogens with zero attached hydrogens (tertiary/aromatic N) is 3. The smallest absolute Gasteiger partial charge is 0.361 e. The Morgan fingerprint density at radius 3 is 2.05 bits per heavy atom. The van der Waals surface area contributed by atoms with Gasteiger partial charge in [0.05, 0.1) is 0 Å². The minimum absolute atomic E-state index is 0.0507.